The molecule has 2 heterocycles. The number of phenolic OH excluding ortho intramolecular Hbond substituents is 2. The van der Waals surface area contributed by atoms with Gasteiger partial charge in [-0.3, -0.25) is 0 Å². The molecule has 8 N–H and O–H groups in total. The van der Waals surface area contributed by atoms with Crippen LogP contribution in [0, 0.1) is 23.7 Å². The fraction of sp³-hybridized carbons (Fsp3) is 0.538. The first kappa shape index (κ1) is 45.2. The summed E-state index contributed by atoms with van der Waals surface area (Å²) in [7, 11) is 1.44. The summed E-state index contributed by atoms with van der Waals surface area (Å²) in [5.74, 6) is -0.0159. The summed E-state index contributed by atoms with van der Waals surface area (Å²) in [6.45, 7) is 3.86. The molecule has 0 amide bonds. The van der Waals surface area contributed by atoms with Crippen LogP contribution in [0.25, 0.3) is 0 Å². The second kappa shape index (κ2) is 20.6. The SMILES string of the molecule is CCOCCCNC1C=CC2C(CCC(C(O)CCc3ccccc3)C2c2cc(C3CCC4C(O)CC(c5c(CO)c(O)c(O)c(OC)c5Cc5cc[nH]c5)OC4C3)ccc2O)C1. The molecule has 0 radical (unpaired) electrons. The van der Waals surface area contributed by atoms with Crippen LogP contribution in [0.1, 0.15) is 122 Å². The number of allylic oxidation sites excluding steroid dienone is 1. The number of ether oxygens (including phenoxy) is 3. The fourth-order valence-electron chi connectivity index (χ4n) is 11.8. The fourth-order valence-corrected chi connectivity index (χ4v) is 11.8. The van der Waals surface area contributed by atoms with Crippen LogP contribution in [0.15, 0.2) is 79.1 Å². The number of aliphatic hydroxyl groups is 3. The molecule has 3 fully saturated rings. The van der Waals surface area contributed by atoms with Crippen LogP contribution >= 0.6 is 0 Å². The number of aryl methyl sites for hydroxylation is 1. The number of fused-ring (bicyclic) bond motifs is 2. The Labute approximate surface area is 372 Å². The number of H-pyrrole nitrogens is 1. The highest BCUT2D eigenvalue weighted by atomic mass is 16.5. The van der Waals surface area contributed by atoms with Crippen LogP contribution in [-0.2, 0) is 28.9 Å². The van der Waals surface area contributed by atoms with Gasteiger partial charge < -0.3 is 55.2 Å². The van der Waals surface area contributed by atoms with E-state index in [9.17, 15) is 30.6 Å². The summed E-state index contributed by atoms with van der Waals surface area (Å²) in [4.78, 5) is 3.07. The van der Waals surface area contributed by atoms with Crippen molar-refractivity contribution in [3.63, 3.8) is 0 Å². The minimum atomic E-state index is -0.683. The third kappa shape index (κ3) is 9.84. The number of phenols is 3. The van der Waals surface area contributed by atoms with E-state index in [1.54, 1.807) is 0 Å². The summed E-state index contributed by atoms with van der Waals surface area (Å²) in [6, 6.07) is 18.6. The lowest BCUT2D eigenvalue weighted by atomic mass is 9.59. The van der Waals surface area contributed by atoms with Gasteiger partial charge in [-0.2, -0.15) is 0 Å². The second-order valence-corrected chi connectivity index (χ2v) is 18.5. The first-order chi connectivity index (χ1) is 30.7. The minimum absolute atomic E-state index is 0.0234. The number of hydrogen-bond acceptors (Lipinski definition) is 10. The zero-order chi connectivity index (χ0) is 44.0. The maximum Gasteiger partial charge on any atom is 0.201 e. The first-order valence-corrected chi connectivity index (χ1v) is 23.4. The van der Waals surface area contributed by atoms with E-state index in [0.717, 1.165) is 81.4 Å². The molecule has 1 aliphatic heterocycles. The first-order valence-electron chi connectivity index (χ1n) is 23.4. The number of benzene rings is 3. The van der Waals surface area contributed by atoms with Crippen LogP contribution in [0.3, 0.4) is 0 Å². The van der Waals surface area contributed by atoms with Gasteiger partial charge in [0.25, 0.3) is 0 Å². The third-order valence-corrected chi connectivity index (χ3v) is 14.9. The molecule has 1 aromatic heterocycles. The molecule has 11 nitrogen and oxygen atoms in total. The summed E-state index contributed by atoms with van der Waals surface area (Å²) >= 11 is 0. The lowest BCUT2D eigenvalue weighted by Gasteiger charge is -2.47. The molecule has 3 aliphatic carbocycles. The Morgan fingerprint density at radius 2 is 1.76 bits per heavy atom. The van der Waals surface area contributed by atoms with Gasteiger partial charge in [0.15, 0.2) is 11.5 Å². The van der Waals surface area contributed by atoms with E-state index < -0.39 is 36.4 Å². The van der Waals surface area contributed by atoms with Crippen molar-refractivity contribution >= 4 is 0 Å². The number of aromatic nitrogens is 1. The lowest BCUT2D eigenvalue weighted by molar-refractivity contribution is -0.154. The Bertz CT molecular complexity index is 2130. The van der Waals surface area contributed by atoms with Gasteiger partial charge in [-0.05, 0) is 141 Å². The summed E-state index contributed by atoms with van der Waals surface area (Å²) < 4.78 is 18.2. The van der Waals surface area contributed by atoms with Crippen LogP contribution < -0.4 is 10.1 Å². The lowest BCUT2D eigenvalue weighted by Crippen LogP contribution is -2.44. The Balaban J connectivity index is 1.07. The van der Waals surface area contributed by atoms with Crippen molar-refractivity contribution < 1.29 is 44.8 Å². The van der Waals surface area contributed by atoms with Crippen molar-refractivity contribution in [2.24, 2.45) is 23.7 Å². The highest BCUT2D eigenvalue weighted by Crippen LogP contribution is 2.55. The van der Waals surface area contributed by atoms with Gasteiger partial charge >= 0.3 is 0 Å². The summed E-state index contributed by atoms with van der Waals surface area (Å²) in [6.07, 6.45) is 14.3. The predicted molar refractivity (Wildman–Crippen MR) is 242 cm³/mol. The molecular weight excluding hydrogens is 797 g/mol. The maximum absolute atomic E-state index is 12.0. The van der Waals surface area contributed by atoms with E-state index in [-0.39, 0.29) is 65.2 Å². The zero-order valence-electron chi connectivity index (χ0n) is 36.9. The zero-order valence-corrected chi connectivity index (χ0v) is 36.9. The molecule has 11 unspecified atom stereocenters. The van der Waals surface area contributed by atoms with Crippen molar-refractivity contribution in [2.45, 2.75) is 126 Å². The Kier molecular flexibility index (Phi) is 14.8. The molecular formula is C52H68N2O9. The monoisotopic (exact) mass is 864 g/mol. The molecule has 0 bridgehead atoms. The Morgan fingerprint density at radius 1 is 0.921 bits per heavy atom. The van der Waals surface area contributed by atoms with Crippen LogP contribution in [0.5, 0.6) is 23.0 Å². The van der Waals surface area contributed by atoms with Crippen molar-refractivity contribution in [1.82, 2.24) is 10.3 Å². The van der Waals surface area contributed by atoms with Gasteiger partial charge in [-0.25, -0.2) is 0 Å². The Morgan fingerprint density at radius 3 is 2.52 bits per heavy atom. The van der Waals surface area contributed by atoms with Gasteiger partial charge in [0.2, 0.25) is 5.75 Å². The number of methoxy groups -OCH3 is 1. The molecule has 11 atom stereocenters. The number of aromatic hydroxyl groups is 3. The molecule has 4 aromatic rings. The van der Waals surface area contributed by atoms with Crippen LogP contribution in [-0.4, -0.2) is 86.8 Å². The van der Waals surface area contributed by atoms with Gasteiger partial charge in [-0.1, -0.05) is 54.6 Å². The predicted octanol–water partition coefficient (Wildman–Crippen LogP) is 8.06. The number of rotatable bonds is 17. The molecule has 0 spiro atoms. The minimum Gasteiger partial charge on any atom is -0.508 e. The third-order valence-electron chi connectivity index (χ3n) is 14.9. The van der Waals surface area contributed by atoms with Crippen LogP contribution in [0.4, 0.5) is 0 Å². The number of aliphatic hydroxyl groups excluding tert-OH is 3. The topological polar surface area (TPSA) is 177 Å². The van der Waals surface area contributed by atoms with E-state index in [1.807, 2.05) is 55.7 Å². The number of hydrogen-bond donors (Lipinski definition) is 8. The van der Waals surface area contributed by atoms with Crippen molar-refractivity contribution in [3.8, 4) is 23.0 Å². The van der Waals surface area contributed by atoms with Gasteiger partial charge in [0.1, 0.15) is 5.75 Å². The van der Waals surface area contributed by atoms with E-state index in [1.165, 1.54) is 12.7 Å². The highest BCUT2D eigenvalue weighted by Gasteiger charge is 2.47. The summed E-state index contributed by atoms with van der Waals surface area (Å²) in [5.41, 5.74) is 5.43. The second-order valence-electron chi connectivity index (χ2n) is 18.5. The standard InChI is InChI=1S/C52H68N2O9/c1-3-62-23-7-21-54-36-14-17-37-35(25-36)12-16-39(43(56)18-10-31-8-5-4-6-9-31)48(37)40-26-33(13-19-44(40)57)34-11-15-38-45(58)28-47(63-46(38)27-34)49-41(24-32-20-22-53-29-32)52(61-2)51(60)50(59)42(49)30-55/h4-6,8-9,13-14,17,19-20,22,26,29,34-39,43,45-48,53-60H,3,7,10-12,15-16,18,21,23-25,27-28,30H2,1-2H3. The van der Waals surface area contributed by atoms with E-state index in [4.69, 9.17) is 14.2 Å². The molecule has 4 aliphatic rings. The van der Waals surface area contributed by atoms with E-state index in [2.05, 4.69) is 40.7 Å². The summed E-state index contributed by atoms with van der Waals surface area (Å²) in [5, 5.41) is 72.1. The molecule has 3 aromatic carbocycles. The highest BCUT2D eigenvalue weighted by molar-refractivity contribution is 5.64. The number of nitrogens with one attached hydrogen (secondary N) is 2. The molecule has 8 rings (SSSR count). The molecule has 1 saturated heterocycles. The van der Waals surface area contributed by atoms with Crippen molar-refractivity contribution in [3.05, 3.63) is 118 Å². The van der Waals surface area contributed by atoms with Gasteiger partial charge in [0.05, 0.1) is 38.1 Å². The average molecular weight is 865 g/mol. The van der Waals surface area contributed by atoms with Gasteiger partial charge in [-0.15, -0.1) is 0 Å². The molecule has 2 saturated carbocycles. The van der Waals surface area contributed by atoms with E-state index >= 15 is 0 Å². The largest absolute Gasteiger partial charge is 0.508 e. The van der Waals surface area contributed by atoms with Gasteiger partial charge in [0, 0.05) is 61.5 Å². The smallest absolute Gasteiger partial charge is 0.201 e. The maximum atomic E-state index is 12.0. The van der Waals surface area contributed by atoms with E-state index in [0.29, 0.717) is 36.3 Å². The Hall–Kier alpha value is -4.36. The van der Waals surface area contributed by atoms with Crippen molar-refractivity contribution in [1.29, 1.82) is 0 Å². The molecule has 340 valence electrons. The molecule has 11 heteroatoms. The quantitative estimate of drug-likeness (QED) is 0.0294. The normalized spacial score (nSPS) is 28.6. The van der Waals surface area contributed by atoms with Crippen LogP contribution in [0.2, 0.25) is 0 Å². The number of aromatic amines is 1. The molecule has 63 heavy (non-hydrogen) atoms. The average Bonchev–Trinajstić information content (AvgIpc) is 3.82. The van der Waals surface area contributed by atoms with Crippen molar-refractivity contribution in [2.75, 3.05) is 26.9 Å².